The van der Waals surface area contributed by atoms with Crippen molar-refractivity contribution in [3.8, 4) is 22.3 Å². The van der Waals surface area contributed by atoms with Crippen LogP contribution in [0.3, 0.4) is 0 Å². The number of aromatic nitrogens is 4. The molecule has 2 aliphatic rings. The molecule has 0 aliphatic carbocycles. The fraction of sp³-hybridized carbons (Fsp3) is 0.333. The summed E-state index contributed by atoms with van der Waals surface area (Å²) in [7, 11) is -3.62. The molecule has 3 N–H and O–H groups in total. The third kappa shape index (κ3) is 6.81. The number of halogens is 6. The maximum absolute atomic E-state index is 14.8. The Bertz CT molecular complexity index is 2060. The van der Waals surface area contributed by atoms with Crippen LogP contribution in [-0.2, 0) is 45.7 Å². The van der Waals surface area contributed by atoms with E-state index in [2.05, 4.69) is 4.72 Å². The molecule has 0 saturated carbocycles. The van der Waals surface area contributed by atoms with Crippen molar-refractivity contribution in [1.82, 2.24) is 18.7 Å². The van der Waals surface area contributed by atoms with Gasteiger partial charge in [0.05, 0.1) is 90.3 Å². The van der Waals surface area contributed by atoms with Crippen LogP contribution >= 0.6 is 46.4 Å². The second-order valence-electron chi connectivity index (χ2n) is 10.2. The molecule has 2 aliphatic heterocycles. The number of benzene rings is 2. The van der Waals surface area contributed by atoms with Crippen LogP contribution in [0.4, 0.5) is 20.2 Å². The Labute approximate surface area is 280 Å². The molecule has 0 unspecified atom stereocenters. The first-order valence-electron chi connectivity index (χ1n) is 13.5. The topological polar surface area (TPSA) is 145 Å². The predicted molar refractivity (Wildman–Crippen MR) is 173 cm³/mol. The Kier molecular flexibility index (Phi) is 10.1. The first-order chi connectivity index (χ1) is 21.7. The monoisotopic (exact) mass is 740 g/mol. The molecule has 0 amide bonds. The summed E-state index contributed by atoms with van der Waals surface area (Å²) in [5.41, 5.74) is 4.93. The highest BCUT2D eigenvalue weighted by atomic mass is 35.5. The average molecular weight is 742 g/mol. The largest absolute Gasteiger partial charge is 0.398 e. The lowest BCUT2D eigenvalue weighted by molar-refractivity contribution is 0.136. The summed E-state index contributed by atoms with van der Waals surface area (Å²) >= 11 is 24.1. The van der Waals surface area contributed by atoms with Gasteiger partial charge in [-0.25, -0.2) is 17.8 Å². The lowest BCUT2D eigenvalue weighted by Gasteiger charge is -2.10. The second-order valence-corrected chi connectivity index (χ2v) is 13.6. The van der Waals surface area contributed by atoms with Gasteiger partial charge in [0, 0.05) is 11.1 Å². The summed E-state index contributed by atoms with van der Waals surface area (Å²) in [6.07, 6.45) is 0.952. The molecule has 0 atom stereocenters. The fourth-order valence-corrected chi connectivity index (χ4v) is 6.67. The smallest absolute Gasteiger partial charge is 0.277 e. The normalized spacial score (nSPS) is 14.8. The van der Waals surface area contributed by atoms with Crippen LogP contribution in [0.25, 0.3) is 22.3 Å². The Morgan fingerprint density at radius 1 is 0.696 bits per heavy atom. The SMILES string of the molecule is CS(=O)(=O)Nc1cc(-c2c(F)n3n(c2=O)CCOCC3)c(Cl)cc1Cl.Nc1cc(-c2c(F)n3n(c2=O)CCOCC3)c(Cl)cc1Cl. The van der Waals surface area contributed by atoms with Crippen molar-refractivity contribution in [1.29, 1.82) is 0 Å². The number of hydrogen-bond donors (Lipinski definition) is 2. The Hall–Kier alpha value is -3.05. The number of fused-ring (bicyclic) bond motifs is 2. The molecule has 0 spiro atoms. The van der Waals surface area contributed by atoms with Crippen molar-refractivity contribution in [3.63, 3.8) is 0 Å². The van der Waals surface area contributed by atoms with Crippen LogP contribution in [0.15, 0.2) is 33.9 Å². The Balaban J connectivity index is 0.000000184. The van der Waals surface area contributed by atoms with Crippen LogP contribution < -0.4 is 21.6 Å². The minimum Gasteiger partial charge on any atom is -0.398 e. The van der Waals surface area contributed by atoms with Crippen molar-refractivity contribution in [2.75, 3.05) is 43.1 Å². The summed E-state index contributed by atoms with van der Waals surface area (Å²) in [6.45, 7) is 2.21. The molecule has 19 heteroatoms. The standard InChI is InChI=1S/C14H14Cl2FN3O4S.C13H12Cl2FN3O2/c1-25(22,23)18-11-6-8(9(15)7-10(11)16)12-13(17)19-2-4-24-5-3-20(19)14(12)21;14-8-6-9(15)10(17)5-7(8)11-12(16)18-1-3-21-4-2-19(18)13(11)20/h6-7,18H,2-5H2,1H3;5-6H,1-4,17H2. The molecule has 0 radical (unpaired) electrons. The molecular formula is C27H26Cl4F2N6O6S. The highest BCUT2D eigenvalue weighted by molar-refractivity contribution is 7.92. The van der Waals surface area contributed by atoms with Crippen LogP contribution in [0.1, 0.15) is 0 Å². The van der Waals surface area contributed by atoms with Gasteiger partial charge in [-0.15, -0.1) is 0 Å². The molecule has 0 fully saturated rings. The zero-order chi connectivity index (χ0) is 33.5. The average Bonchev–Trinajstić information content (AvgIpc) is 3.22. The molecule has 2 aromatic heterocycles. The zero-order valence-corrected chi connectivity index (χ0v) is 27.8. The fourth-order valence-electron chi connectivity index (χ4n) is 5.04. The molecular weight excluding hydrogens is 716 g/mol. The summed E-state index contributed by atoms with van der Waals surface area (Å²) in [5, 5.41) is 0.521. The Morgan fingerprint density at radius 2 is 1.11 bits per heavy atom. The van der Waals surface area contributed by atoms with Gasteiger partial charge < -0.3 is 15.2 Å². The van der Waals surface area contributed by atoms with Gasteiger partial charge in [-0.2, -0.15) is 8.78 Å². The first-order valence-corrected chi connectivity index (χ1v) is 17.0. The quantitative estimate of drug-likeness (QED) is 0.293. The molecule has 248 valence electrons. The van der Waals surface area contributed by atoms with E-state index in [1.165, 1.54) is 43.0 Å². The van der Waals surface area contributed by atoms with Gasteiger partial charge >= 0.3 is 0 Å². The number of nitrogen functional groups attached to an aromatic ring is 1. The van der Waals surface area contributed by atoms with E-state index in [0.717, 1.165) is 6.26 Å². The van der Waals surface area contributed by atoms with Gasteiger partial charge in [-0.05, 0) is 24.3 Å². The number of ether oxygens (including phenoxy) is 2. The van der Waals surface area contributed by atoms with E-state index in [1.807, 2.05) is 0 Å². The van der Waals surface area contributed by atoms with Gasteiger partial charge in [0.25, 0.3) is 11.1 Å². The number of hydrogen-bond acceptors (Lipinski definition) is 7. The van der Waals surface area contributed by atoms with Crippen molar-refractivity contribution in [2.45, 2.75) is 26.2 Å². The number of sulfonamides is 1. The summed E-state index contributed by atoms with van der Waals surface area (Å²) in [6, 6.07) is 5.34. The molecule has 46 heavy (non-hydrogen) atoms. The molecule has 4 aromatic rings. The maximum atomic E-state index is 14.8. The minimum atomic E-state index is -3.62. The van der Waals surface area contributed by atoms with E-state index in [1.54, 1.807) is 0 Å². The molecule has 0 bridgehead atoms. The van der Waals surface area contributed by atoms with Crippen molar-refractivity contribution < 1.29 is 26.7 Å². The number of nitrogens with one attached hydrogen (secondary N) is 1. The van der Waals surface area contributed by atoms with E-state index in [0.29, 0.717) is 13.2 Å². The molecule has 12 nitrogen and oxygen atoms in total. The molecule has 6 rings (SSSR count). The predicted octanol–water partition coefficient (Wildman–Crippen LogP) is 4.54. The molecule has 0 saturated heterocycles. The first kappa shape index (κ1) is 34.3. The van der Waals surface area contributed by atoms with E-state index in [9.17, 15) is 26.8 Å². The van der Waals surface area contributed by atoms with E-state index in [4.69, 9.17) is 61.6 Å². The minimum absolute atomic E-state index is 0.0112. The van der Waals surface area contributed by atoms with E-state index >= 15 is 0 Å². The van der Waals surface area contributed by atoms with Gasteiger partial charge in [0.1, 0.15) is 11.1 Å². The number of nitrogens with zero attached hydrogens (tertiary/aromatic N) is 4. The van der Waals surface area contributed by atoms with Gasteiger partial charge in [0.15, 0.2) is 0 Å². The van der Waals surface area contributed by atoms with Gasteiger partial charge in [-0.3, -0.25) is 23.7 Å². The highest BCUT2D eigenvalue weighted by Gasteiger charge is 2.27. The van der Waals surface area contributed by atoms with E-state index < -0.39 is 33.0 Å². The van der Waals surface area contributed by atoms with E-state index in [-0.39, 0.29) is 93.1 Å². The van der Waals surface area contributed by atoms with Crippen molar-refractivity contribution >= 4 is 67.8 Å². The second kappa shape index (κ2) is 13.6. The van der Waals surface area contributed by atoms with Crippen LogP contribution in [0, 0.1) is 11.9 Å². The third-order valence-corrected chi connectivity index (χ3v) is 8.97. The van der Waals surface area contributed by atoms with Crippen LogP contribution in [0.2, 0.25) is 20.1 Å². The highest BCUT2D eigenvalue weighted by Crippen LogP contribution is 2.36. The lowest BCUT2D eigenvalue weighted by Crippen LogP contribution is -2.23. The summed E-state index contributed by atoms with van der Waals surface area (Å²) in [5.74, 6) is -1.40. The third-order valence-electron chi connectivity index (χ3n) is 7.11. The molecule has 4 heterocycles. The van der Waals surface area contributed by atoms with Gasteiger partial charge in [0.2, 0.25) is 21.9 Å². The zero-order valence-electron chi connectivity index (χ0n) is 24.0. The van der Waals surface area contributed by atoms with Crippen LogP contribution in [-0.4, -0.2) is 59.8 Å². The maximum Gasteiger partial charge on any atom is 0.277 e. The number of rotatable bonds is 4. The number of nitrogens with two attached hydrogens (primary N) is 1. The summed E-state index contributed by atoms with van der Waals surface area (Å²) in [4.78, 5) is 25.1. The Morgan fingerprint density at radius 3 is 1.57 bits per heavy atom. The molecule has 2 aromatic carbocycles. The van der Waals surface area contributed by atoms with Gasteiger partial charge in [-0.1, -0.05) is 46.4 Å². The van der Waals surface area contributed by atoms with Crippen molar-refractivity contribution in [3.05, 3.63) is 77.0 Å². The summed E-state index contributed by atoms with van der Waals surface area (Å²) < 4.78 is 70.1. The number of anilines is 2. The van der Waals surface area contributed by atoms with Crippen molar-refractivity contribution in [2.24, 2.45) is 0 Å². The van der Waals surface area contributed by atoms with Crippen LogP contribution in [0.5, 0.6) is 0 Å². The lowest BCUT2D eigenvalue weighted by atomic mass is 10.1.